The van der Waals surface area contributed by atoms with Crippen LogP contribution in [0.15, 0.2) is 0 Å². The molecule has 2 N–H and O–H groups in total. The molecule has 5 heteroatoms. The Morgan fingerprint density at radius 1 is 1.67 bits per heavy atom. The molecule has 1 rings (SSSR count). The van der Waals surface area contributed by atoms with E-state index in [1.54, 1.807) is 0 Å². The van der Waals surface area contributed by atoms with Crippen molar-refractivity contribution >= 4 is 6.09 Å². The minimum Gasteiger partial charge on any atom is -0.465 e. The van der Waals surface area contributed by atoms with Gasteiger partial charge in [-0.1, -0.05) is 0 Å². The molecule has 0 aromatic heterocycles. The van der Waals surface area contributed by atoms with Crippen LogP contribution in [0.3, 0.4) is 0 Å². The Labute approximate surface area is 69.8 Å². The Bertz CT molecular complexity index is 223. The van der Waals surface area contributed by atoms with Crippen molar-refractivity contribution < 1.29 is 15.0 Å². The summed E-state index contributed by atoms with van der Waals surface area (Å²) < 4.78 is 0. The summed E-state index contributed by atoms with van der Waals surface area (Å²) in [5.74, 6) is -0.217. The standard InChI is InChI=1S/C7H10N2O3/c8-2-1-5-3-9(7(11)12)4-6(5)10/h5-6,10H,1,3-4H2,(H,11,12)/t5-,6-/m1/s1. The van der Waals surface area contributed by atoms with Gasteiger partial charge in [-0.2, -0.15) is 5.26 Å². The lowest BCUT2D eigenvalue weighted by Gasteiger charge is -2.09. The summed E-state index contributed by atoms with van der Waals surface area (Å²) in [6.45, 7) is 0.395. The Kier molecular flexibility index (Phi) is 2.51. The summed E-state index contributed by atoms with van der Waals surface area (Å²) in [4.78, 5) is 11.6. The maximum Gasteiger partial charge on any atom is 0.407 e. The molecule has 5 nitrogen and oxygen atoms in total. The number of carboxylic acid groups (broad SMARTS) is 1. The SMILES string of the molecule is N#CC[C@@H]1CN(C(=O)O)C[C@H]1O. The molecule has 1 aliphatic rings. The van der Waals surface area contributed by atoms with Crippen LogP contribution in [0.25, 0.3) is 0 Å². The van der Waals surface area contributed by atoms with E-state index >= 15 is 0 Å². The third-order valence-corrected chi connectivity index (χ3v) is 2.03. The van der Waals surface area contributed by atoms with Crippen LogP contribution in [0.4, 0.5) is 4.79 Å². The van der Waals surface area contributed by atoms with Gasteiger partial charge in [0.2, 0.25) is 0 Å². The second-order valence-corrected chi connectivity index (χ2v) is 2.88. The number of likely N-dealkylation sites (tertiary alicyclic amines) is 1. The molecule has 12 heavy (non-hydrogen) atoms. The van der Waals surface area contributed by atoms with E-state index in [4.69, 9.17) is 10.4 Å². The van der Waals surface area contributed by atoms with Crippen LogP contribution in [-0.4, -0.2) is 40.4 Å². The number of nitriles is 1. The van der Waals surface area contributed by atoms with Crippen molar-refractivity contribution in [1.29, 1.82) is 5.26 Å². The van der Waals surface area contributed by atoms with E-state index in [1.165, 1.54) is 0 Å². The van der Waals surface area contributed by atoms with Gasteiger partial charge in [0.25, 0.3) is 0 Å². The number of β-amino-alcohol motifs (C(OH)–C–C–N with tert-alkyl or cyclic N) is 1. The number of aliphatic hydroxyl groups is 1. The number of carbonyl (C=O) groups is 1. The fraction of sp³-hybridized carbons (Fsp3) is 0.714. The maximum absolute atomic E-state index is 10.4. The Balaban J connectivity index is 2.51. The van der Waals surface area contributed by atoms with E-state index in [2.05, 4.69) is 0 Å². The lowest BCUT2D eigenvalue weighted by molar-refractivity contribution is 0.132. The zero-order chi connectivity index (χ0) is 9.14. The van der Waals surface area contributed by atoms with Crippen molar-refractivity contribution in [3.63, 3.8) is 0 Å². The molecule has 0 bridgehead atoms. The van der Waals surface area contributed by atoms with Gasteiger partial charge in [0.1, 0.15) is 0 Å². The van der Waals surface area contributed by atoms with Crippen molar-refractivity contribution in [3.05, 3.63) is 0 Å². The Hall–Kier alpha value is -1.28. The van der Waals surface area contributed by atoms with Gasteiger partial charge >= 0.3 is 6.09 Å². The largest absolute Gasteiger partial charge is 0.465 e. The van der Waals surface area contributed by atoms with Gasteiger partial charge in [0, 0.05) is 18.9 Å². The molecule has 0 spiro atoms. The molecule has 0 radical (unpaired) electrons. The fourth-order valence-electron chi connectivity index (χ4n) is 1.33. The van der Waals surface area contributed by atoms with Crippen LogP contribution in [0, 0.1) is 17.2 Å². The van der Waals surface area contributed by atoms with Crippen molar-refractivity contribution in [1.82, 2.24) is 4.90 Å². The van der Waals surface area contributed by atoms with E-state index < -0.39 is 12.2 Å². The normalized spacial score (nSPS) is 28.5. The van der Waals surface area contributed by atoms with Crippen molar-refractivity contribution in [2.24, 2.45) is 5.92 Å². The van der Waals surface area contributed by atoms with Gasteiger partial charge in [-0.3, -0.25) is 0 Å². The number of hydrogen-bond donors (Lipinski definition) is 2. The first-order valence-electron chi connectivity index (χ1n) is 3.68. The molecule has 1 aliphatic heterocycles. The highest BCUT2D eigenvalue weighted by Crippen LogP contribution is 2.19. The van der Waals surface area contributed by atoms with Crippen LogP contribution in [0.1, 0.15) is 6.42 Å². The molecule has 1 amide bonds. The van der Waals surface area contributed by atoms with E-state index in [9.17, 15) is 9.90 Å². The second kappa shape index (κ2) is 3.41. The van der Waals surface area contributed by atoms with Gasteiger partial charge in [-0.05, 0) is 0 Å². The summed E-state index contributed by atoms with van der Waals surface area (Å²) in [5, 5.41) is 26.2. The summed E-state index contributed by atoms with van der Waals surface area (Å²) >= 11 is 0. The van der Waals surface area contributed by atoms with Gasteiger partial charge in [-0.25, -0.2) is 4.79 Å². The first kappa shape index (κ1) is 8.81. The highest BCUT2D eigenvalue weighted by atomic mass is 16.4. The van der Waals surface area contributed by atoms with E-state index in [-0.39, 0.29) is 25.4 Å². The minimum atomic E-state index is -1.03. The second-order valence-electron chi connectivity index (χ2n) is 2.88. The smallest absolute Gasteiger partial charge is 0.407 e. The maximum atomic E-state index is 10.4. The molecule has 1 heterocycles. The lowest BCUT2D eigenvalue weighted by Crippen LogP contribution is -2.27. The van der Waals surface area contributed by atoms with Gasteiger partial charge in [0.15, 0.2) is 0 Å². The fourth-order valence-corrected chi connectivity index (χ4v) is 1.33. The number of amides is 1. The zero-order valence-corrected chi connectivity index (χ0v) is 6.47. The number of hydrogen-bond acceptors (Lipinski definition) is 3. The minimum absolute atomic E-state index is 0.127. The predicted molar refractivity (Wildman–Crippen MR) is 39.3 cm³/mol. The van der Waals surface area contributed by atoms with Crippen LogP contribution >= 0.6 is 0 Å². The van der Waals surface area contributed by atoms with Crippen LogP contribution in [0.2, 0.25) is 0 Å². The zero-order valence-electron chi connectivity index (χ0n) is 6.47. The highest BCUT2D eigenvalue weighted by Gasteiger charge is 2.33. The van der Waals surface area contributed by atoms with E-state index in [0.717, 1.165) is 4.90 Å². The van der Waals surface area contributed by atoms with Crippen molar-refractivity contribution in [2.45, 2.75) is 12.5 Å². The molecule has 66 valence electrons. The molecule has 0 aliphatic carbocycles. The van der Waals surface area contributed by atoms with Gasteiger partial charge in [-0.15, -0.1) is 0 Å². The van der Waals surface area contributed by atoms with Crippen LogP contribution in [0.5, 0.6) is 0 Å². The van der Waals surface area contributed by atoms with E-state index in [0.29, 0.717) is 0 Å². The molecule has 0 unspecified atom stereocenters. The average Bonchev–Trinajstić information content (AvgIpc) is 2.34. The Morgan fingerprint density at radius 3 is 2.75 bits per heavy atom. The molecule has 0 aromatic carbocycles. The van der Waals surface area contributed by atoms with E-state index in [1.807, 2.05) is 6.07 Å². The third kappa shape index (κ3) is 1.66. The topological polar surface area (TPSA) is 84.6 Å². The van der Waals surface area contributed by atoms with Crippen molar-refractivity contribution in [2.75, 3.05) is 13.1 Å². The molecule has 0 aromatic rings. The summed E-state index contributed by atoms with van der Waals surface area (Å²) in [5.41, 5.74) is 0. The molecule has 0 saturated carbocycles. The average molecular weight is 170 g/mol. The summed E-state index contributed by atoms with van der Waals surface area (Å²) in [6, 6.07) is 1.92. The molecular formula is C7H10N2O3. The van der Waals surface area contributed by atoms with Crippen LogP contribution in [-0.2, 0) is 0 Å². The first-order valence-corrected chi connectivity index (χ1v) is 3.68. The molecule has 2 atom stereocenters. The Morgan fingerprint density at radius 2 is 2.33 bits per heavy atom. The first-order chi connectivity index (χ1) is 5.65. The lowest BCUT2D eigenvalue weighted by atomic mass is 10.0. The summed E-state index contributed by atoms with van der Waals surface area (Å²) in [7, 11) is 0. The number of aliphatic hydroxyl groups excluding tert-OH is 1. The molecule has 1 saturated heterocycles. The molecule has 1 fully saturated rings. The highest BCUT2D eigenvalue weighted by molar-refractivity contribution is 5.65. The van der Waals surface area contributed by atoms with Crippen LogP contribution < -0.4 is 0 Å². The predicted octanol–water partition coefficient (Wildman–Crippen LogP) is -0.129. The molecular weight excluding hydrogens is 160 g/mol. The van der Waals surface area contributed by atoms with Gasteiger partial charge < -0.3 is 15.1 Å². The quantitative estimate of drug-likeness (QED) is 0.574. The van der Waals surface area contributed by atoms with Gasteiger partial charge in [0.05, 0.1) is 18.7 Å². The monoisotopic (exact) mass is 170 g/mol. The third-order valence-electron chi connectivity index (χ3n) is 2.03. The number of rotatable bonds is 1. The summed E-state index contributed by atoms with van der Waals surface area (Å²) in [6.07, 6.45) is -1.50. The number of nitrogens with zero attached hydrogens (tertiary/aromatic N) is 2. The van der Waals surface area contributed by atoms with Crippen molar-refractivity contribution in [3.8, 4) is 6.07 Å².